The molecule has 5 nitrogen and oxygen atoms in total. The highest BCUT2D eigenvalue weighted by Gasteiger charge is 2.32. The van der Waals surface area contributed by atoms with E-state index in [1.165, 1.54) is 24.6 Å². The van der Waals surface area contributed by atoms with Crippen molar-refractivity contribution in [1.29, 1.82) is 0 Å². The topological polar surface area (TPSA) is 52.7 Å². The highest BCUT2D eigenvalue weighted by molar-refractivity contribution is 8.00. The molecule has 0 aromatic heterocycles. The van der Waals surface area contributed by atoms with E-state index in [2.05, 4.69) is 10.2 Å². The van der Waals surface area contributed by atoms with E-state index >= 15 is 0 Å². The van der Waals surface area contributed by atoms with E-state index in [4.69, 9.17) is 0 Å². The Bertz CT molecular complexity index is 678. The van der Waals surface area contributed by atoms with E-state index in [1.807, 2.05) is 29.2 Å². The summed E-state index contributed by atoms with van der Waals surface area (Å²) >= 11 is 1.48. The Hall–Kier alpha value is -1.53. The number of benzene rings is 1. The molecule has 27 heavy (non-hydrogen) atoms. The van der Waals surface area contributed by atoms with E-state index in [9.17, 15) is 9.59 Å². The predicted octanol–water partition coefficient (Wildman–Crippen LogP) is 2.76. The molecule has 0 spiro atoms. The van der Waals surface area contributed by atoms with Crippen LogP contribution in [0.2, 0.25) is 0 Å². The Balaban J connectivity index is 1.31. The monoisotopic (exact) mass is 387 g/mol. The van der Waals surface area contributed by atoms with Gasteiger partial charge in [0, 0.05) is 43.2 Å². The molecule has 6 heteroatoms. The molecule has 3 fully saturated rings. The molecule has 146 valence electrons. The molecule has 2 aliphatic heterocycles. The van der Waals surface area contributed by atoms with Crippen LogP contribution in [-0.2, 0) is 4.79 Å². The molecule has 0 unspecified atom stereocenters. The van der Waals surface area contributed by atoms with Crippen molar-refractivity contribution in [2.75, 3.05) is 31.9 Å². The molecule has 4 rings (SSSR count). The Kier molecular flexibility index (Phi) is 6.03. The van der Waals surface area contributed by atoms with E-state index in [-0.39, 0.29) is 17.9 Å². The van der Waals surface area contributed by atoms with Gasteiger partial charge in [0.1, 0.15) is 0 Å². The number of carbonyl (C=O) groups is 2. The maximum Gasteiger partial charge on any atom is 0.252 e. The van der Waals surface area contributed by atoms with E-state index in [0.717, 1.165) is 62.8 Å². The fourth-order valence-corrected chi connectivity index (χ4v) is 5.04. The summed E-state index contributed by atoms with van der Waals surface area (Å²) in [5, 5.41) is 3.22. The standard InChI is InChI=1S/C21H29N3O2S/c25-20(24-11-3-4-12-24)15-27-19-6-2-1-5-18(19)21(26)22-16-9-13-23(14-10-16)17-7-8-17/h1-2,5-6,16-17H,3-4,7-15H2,(H,22,26). The van der Waals surface area contributed by atoms with Gasteiger partial charge in [-0.2, -0.15) is 0 Å². The minimum Gasteiger partial charge on any atom is -0.349 e. The van der Waals surface area contributed by atoms with Gasteiger partial charge in [-0.1, -0.05) is 12.1 Å². The van der Waals surface area contributed by atoms with Crippen LogP contribution in [0.3, 0.4) is 0 Å². The average molecular weight is 388 g/mol. The van der Waals surface area contributed by atoms with Gasteiger partial charge in [-0.05, 0) is 50.7 Å². The molecular formula is C21H29N3O2S. The van der Waals surface area contributed by atoms with Gasteiger partial charge in [0.25, 0.3) is 5.91 Å². The molecule has 2 saturated heterocycles. The number of nitrogens with one attached hydrogen (secondary N) is 1. The zero-order valence-electron chi connectivity index (χ0n) is 15.9. The van der Waals surface area contributed by atoms with Crippen molar-refractivity contribution in [2.45, 2.75) is 55.5 Å². The lowest BCUT2D eigenvalue weighted by molar-refractivity contribution is -0.127. The SMILES string of the molecule is O=C(NC1CCN(C2CC2)CC1)c1ccccc1SCC(=O)N1CCCC1. The van der Waals surface area contributed by atoms with Crippen LogP contribution < -0.4 is 5.32 Å². The maximum absolute atomic E-state index is 12.8. The summed E-state index contributed by atoms with van der Waals surface area (Å²) in [4.78, 5) is 30.5. The molecule has 1 saturated carbocycles. The Morgan fingerprint density at radius 1 is 1.00 bits per heavy atom. The molecule has 0 radical (unpaired) electrons. The van der Waals surface area contributed by atoms with Gasteiger partial charge in [0.15, 0.2) is 0 Å². The highest BCUT2D eigenvalue weighted by Crippen LogP contribution is 2.29. The van der Waals surface area contributed by atoms with Crippen molar-refractivity contribution in [1.82, 2.24) is 15.1 Å². The lowest BCUT2D eigenvalue weighted by atomic mass is 10.0. The smallest absolute Gasteiger partial charge is 0.252 e. The summed E-state index contributed by atoms with van der Waals surface area (Å²) in [6, 6.07) is 8.73. The van der Waals surface area contributed by atoms with Crippen LogP contribution in [0.25, 0.3) is 0 Å². The first-order valence-electron chi connectivity index (χ1n) is 10.3. The molecule has 2 amide bonds. The van der Waals surface area contributed by atoms with Crippen LogP contribution in [0, 0.1) is 0 Å². The van der Waals surface area contributed by atoms with Crippen LogP contribution >= 0.6 is 11.8 Å². The lowest BCUT2D eigenvalue weighted by Crippen LogP contribution is -2.45. The van der Waals surface area contributed by atoms with Gasteiger partial charge in [-0.15, -0.1) is 11.8 Å². The minimum atomic E-state index is -0.00315. The third-order valence-corrected chi connectivity index (χ3v) is 6.93. The summed E-state index contributed by atoms with van der Waals surface area (Å²) in [5.41, 5.74) is 0.696. The molecular weight excluding hydrogens is 358 g/mol. The third-order valence-electron chi connectivity index (χ3n) is 5.87. The van der Waals surface area contributed by atoms with E-state index < -0.39 is 0 Å². The Morgan fingerprint density at radius 2 is 1.70 bits per heavy atom. The lowest BCUT2D eigenvalue weighted by Gasteiger charge is -2.32. The molecule has 0 atom stereocenters. The van der Waals surface area contributed by atoms with Crippen molar-refractivity contribution < 1.29 is 9.59 Å². The van der Waals surface area contributed by atoms with Crippen LogP contribution in [0.4, 0.5) is 0 Å². The van der Waals surface area contributed by atoms with Crippen molar-refractivity contribution in [2.24, 2.45) is 0 Å². The van der Waals surface area contributed by atoms with Crippen molar-refractivity contribution in [3.8, 4) is 0 Å². The summed E-state index contributed by atoms with van der Waals surface area (Å²) in [7, 11) is 0. The summed E-state index contributed by atoms with van der Waals surface area (Å²) in [6.07, 6.45) is 6.97. The van der Waals surface area contributed by atoms with Crippen LogP contribution in [-0.4, -0.2) is 65.6 Å². The zero-order chi connectivity index (χ0) is 18.6. The van der Waals surface area contributed by atoms with Crippen LogP contribution in [0.15, 0.2) is 29.2 Å². The minimum absolute atomic E-state index is 0.00315. The highest BCUT2D eigenvalue weighted by atomic mass is 32.2. The fourth-order valence-electron chi connectivity index (χ4n) is 4.09. The number of rotatable bonds is 6. The summed E-state index contributed by atoms with van der Waals surface area (Å²) in [5.74, 6) is 0.584. The molecule has 1 aliphatic carbocycles. The number of hydrogen-bond donors (Lipinski definition) is 1. The molecule has 1 N–H and O–H groups in total. The van der Waals surface area contributed by atoms with Crippen molar-refractivity contribution in [3.63, 3.8) is 0 Å². The second-order valence-electron chi connectivity index (χ2n) is 7.89. The number of nitrogens with zero attached hydrogens (tertiary/aromatic N) is 2. The van der Waals surface area contributed by atoms with E-state index in [1.54, 1.807) is 0 Å². The van der Waals surface area contributed by atoms with Gasteiger partial charge in [-0.3, -0.25) is 9.59 Å². The van der Waals surface area contributed by atoms with Gasteiger partial charge in [0.05, 0.1) is 11.3 Å². The molecule has 1 aromatic rings. The van der Waals surface area contributed by atoms with Gasteiger partial charge >= 0.3 is 0 Å². The second kappa shape index (κ2) is 8.65. The Labute approximate surface area is 165 Å². The maximum atomic E-state index is 12.8. The third kappa shape index (κ3) is 4.85. The number of hydrogen-bond acceptors (Lipinski definition) is 4. The van der Waals surface area contributed by atoms with Gasteiger partial charge in [0.2, 0.25) is 5.91 Å². The van der Waals surface area contributed by atoms with Gasteiger partial charge < -0.3 is 15.1 Å². The van der Waals surface area contributed by atoms with Gasteiger partial charge in [-0.25, -0.2) is 0 Å². The molecule has 2 heterocycles. The number of thioether (sulfide) groups is 1. The van der Waals surface area contributed by atoms with Crippen LogP contribution in [0.5, 0.6) is 0 Å². The predicted molar refractivity (Wildman–Crippen MR) is 108 cm³/mol. The molecule has 1 aromatic carbocycles. The average Bonchev–Trinajstić information content (AvgIpc) is 3.40. The number of piperidine rings is 1. The molecule has 3 aliphatic rings. The fraction of sp³-hybridized carbons (Fsp3) is 0.619. The first-order chi connectivity index (χ1) is 13.2. The van der Waals surface area contributed by atoms with Crippen molar-refractivity contribution in [3.05, 3.63) is 29.8 Å². The first kappa shape index (κ1) is 18.8. The van der Waals surface area contributed by atoms with Crippen molar-refractivity contribution >= 4 is 23.6 Å². The zero-order valence-corrected chi connectivity index (χ0v) is 16.7. The number of amides is 2. The number of likely N-dealkylation sites (tertiary alicyclic amines) is 2. The first-order valence-corrected chi connectivity index (χ1v) is 11.2. The summed E-state index contributed by atoms with van der Waals surface area (Å²) < 4.78 is 0. The normalized spacial score (nSPS) is 21.4. The largest absolute Gasteiger partial charge is 0.349 e. The van der Waals surface area contributed by atoms with E-state index in [0.29, 0.717) is 11.3 Å². The second-order valence-corrected chi connectivity index (χ2v) is 8.90. The quantitative estimate of drug-likeness (QED) is 0.763. The Morgan fingerprint density at radius 3 is 2.41 bits per heavy atom. The molecule has 0 bridgehead atoms. The number of carbonyl (C=O) groups excluding carboxylic acids is 2. The van der Waals surface area contributed by atoms with Crippen LogP contribution in [0.1, 0.15) is 48.9 Å². The summed E-state index contributed by atoms with van der Waals surface area (Å²) in [6.45, 7) is 3.94.